The van der Waals surface area contributed by atoms with Gasteiger partial charge in [0, 0.05) is 25.8 Å². The maximum atomic E-state index is 12.7. The molecule has 2 saturated heterocycles. The molecular weight excluding hydrogens is 363 g/mol. The molecule has 1 aromatic rings. The van der Waals surface area contributed by atoms with E-state index in [-0.39, 0.29) is 36.1 Å². The molecule has 6 nitrogen and oxygen atoms in total. The topological polar surface area (TPSA) is 66.5 Å². The SMILES string of the molecule is CC1(CNC(=O)c2cccnc2N2CCOCC2)CCNCC1.Cl.Cl. The van der Waals surface area contributed by atoms with Crippen LogP contribution in [0.1, 0.15) is 30.1 Å². The first-order valence-corrected chi connectivity index (χ1v) is 8.45. The molecule has 0 radical (unpaired) electrons. The minimum absolute atomic E-state index is 0. The summed E-state index contributed by atoms with van der Waals surface area (Å²) in [4.78, 5) is 19.2. The molecule has 0 saturated carbocycles. The second-order valence-corrected chi connectivity index (χ2v) is 6.72. The van der Waals surface area contributed by atoms with Crippen LogP contribution < -0.4 is 15.5 Å². The van der Waals surface area contributed by atoms with Crippen LogP contribution in [0.2, 0.25) is 0 Å². The highest BCUT2D eigenvalue weighted by Crippen LogP contribution is 2.27. The Morgan fingerprint density at radius 1 is 1.32 bits per heavy atom. The van der Waals surface area contributed by atoms with Crippen LogP contribution in [-0.2, 0) is 4.74 Å². The molecule has 1 aromatic heterocycles. The summed E-state index contributed by atoms with van der Waals surface area (Å²) in [6.45, 7) is 7.94. The third-order valence-electron chi connectivity index (χ3n) is 4.83. The summed E-state index contributed by atoms with van der Waals surface area (Å²) < 4.78 is 5.39. The van der Waals surface area contributed by atoms with Gasteiger partial charge in [-0.2, -0.15) is 0 Å². The zero-order valence-electron chi connectivity index (χ0n) is 14.6. The molecule has 2 aliphatic rings. The van der Waals surface area contributed by atoms with E-state index >= 15 is 0 Å². The standard InChI is InChI=1S/C17H26N4O2.2ClH/c1-17(4-7-18-8-5-17)13-20-16(22)14-3-2-6-19-15(14)21-9-11-23-12-10-21;;/h2-3,6,18H,4-5,7-13H2,1H3,(H,20,22);2*1H. The largest absolute Gasteiger partial charge is 0.378 e. The van der Waals surface area contributed by atoms with Gasteiger partial charge in [0.15, 0.2) is 0 Å². The van der Waals surface area contributed by atoms with Crippen LogP contribution in [0.5, 0.6) is 0 Å². The lowest BCUT2D eigenvalue weighted by molar-refractivity contribution is 0.0920. The molecule has 0 aliphatic carbocycles. The van der Waals surface area contributed by atoms with Gasteiger partial charge in [-0.1, -0.05) is 6.92 Å². The number of aromatic nitrogens is 1. The fraction of sp³-hybridized carbons (Fsp3) is 0.647. The number of hydrogen-bond acceptors (Lipinski definition) is 5. The summed E-state index contributed by atoms with van der Waals surface area (Å²) >= 11 is 0. The van der Waals surface area contributed by atoms with Crippen molar-refractivity contribution in [1.29, 1.82) is 0 Å². The first-order chi connectivity index (χ1) is 11.2. The Morgan fingerprint density at radius 3 is 2.68 bits per heavy atom. The number of carbonyl (C=O) groups is 1. The third-order valence-corrected chi connectivity index (χ3v) is 4.83. The molecule has 2 N–H and O–H groups in total. The van der Waals surface area contributed by atoms with Crippen molar-refractivity contribution >= 4 is 36.5 Å². The number of pyridine rings is 1. The Kier molecular flexibility index (Phi) is 8.93. The minimum Gasteiger partial charge on any atom is -0.378 e. The van der Waals surface area contributed by atoms with E-state index in [9.17, 15) is 4.79 Å². The average molecular weight is 391 g/mol. The lowest BCUT2D eigenvalue weighted by Gasteiger charge is -2.34. The van der Waals surface area contributed by atoms with Gasteiger partial charge < -0.3 is 20.3 Å². The highest BCUT2D eigenvalue weighted by molar-refractivity contribution is 5.98. The van der Waals surface area contributed by atoms with E-state index in [4.69, 9.17) is 4.74 Å². The van der Waals surface area contributed by atoms with Crippen molar-refractivity contribution in [3.8, 4) is 0 Å². The molecular formula is C17H28Cl2N4O2. The van der Waals surface area contributed by atoms with Gasteiger partial charge in [0.25, 0.3) is 5.91 Å². The molecule has 0 spiro atoms. The summed E-state index contributed by atoms with van der Waals surface area (Å²) in [5.41, 5.74) is 0.842. The van der Waals surface area contributed by atoms with Gasteiger partial charge in [0.1, 0.15) is 5.82 Å². The van der Waals surface area contributed by atoms with Gasteiger partial charge in [0.05, 0.1) is 18.8 Å². The summed E-state index contributed by atoms with van der Waals surface area (Å²) in [6.07, 6.45) is 3.93. The fourth-order valence-electron chi connectivity index (χ4n) is 3.20. The van der Waals surface area contributed by atoms with Crippen LogP contribution in [0.25, 0.3) is 0 Å². The van der Waals surface area contributed by atoms with E-state index in [1.165, 1.54) is 0 Å². The van der Waals surface area contributed by atoms with Gasteiger partial charge in [-0.05, 0) is 43.5 Å². The molecule has 3 rings (SSSR count). The predicted molar refractivity (Wildman–Crippen MR) is 104 cm³/mol. The molecule has 25 heavy (non-hydrogen) atoms. The van der Waals surface area contributed by atoms with Crippen LogP contribution >= 0.6 is 24.8 Å². The Labute approximate surface area is 161 Å². The number of halogens is 2. The van der Waals surface area contributed by atoms with Gasteiger partial charge in [-0.15, -0.1) is 24.8 Å². The van der Waals surface area contributed by atoms with Crippen LogP contribution in [0, 0.1) is 5.41 Å². The van der Waals surface area contributed by atoms with Gasteiger partial charge in [0.2, 0.25) is 0 Å². The Morgan fingerprint density at radius 2 is 2.00 bits per heavy atom. The molecule has 2 fully saturated rings. The summed E-state index contributed by atoms with van der Waals surface area (Å²) in [5.74, 6) is 0.739. The van der Waals surface area contributed by atoms with E-state index in [0.717, 1.165) is 44.8 Å². The number of amides is 1. The molecule has 0 unspecified atom stereocenters. The Hall–Kier alpha value is -1.08. The summed E-state index contributed by atoms with van der Waals surface area (Å²) in [5, 5.41) is 6.49. The van der Waals surface area contributed by atoms with Crippen molar-refractivity contribution in [2.75, 3.05) is 50.8 Å². The monoisotopic (exact) mass is 390 g/mol. The minimum atomic E-state index is -0.0284. The van der Waals surface area contributed by atoms with Crippen molar-refractivity contribution in [3.05, 3.63) is 23.9 Å². The quantitative estimate of drug-likeness (QED) is 0.821. The average Bonchev–Trinajstić information content (AvgIpc) is 2.61. The first-order valence-electron chi connectivity index (χ1n) is 8.45. The van der Waals surface area contributed by atoms with Crippen LogP contribution in [-0.4, -0.2) is 56.8 Å². The zero-order chi connectivity index (χ0) is 16.1. The lowest BCUT2D eigenvalue weighted by atomic mass is 9.81. The first kappa shape index (κ1) is 22.0. The number of nitrogens with zero attached hydrogens (tertiary/aromatic N) is 2. The number of ether oxygens (including phenoxy) is 1. The van der Waals surface area contributed by atoms with E-state index in [2.05, 4.69) is 27.4 Å². The predicted octanol–water partition coefficient (Wildman–Crippen LogP) is 1.88. The van der Waals surface area contributed by atoms with Gasteiger partial charge in [-0.3, -0.25) is 4.79 Å². The van der Waals surface area contributed by atoms with E-state index in [1.54, 1.807) is 6.20 Å². The van der Waals surface area contributed by atoms with E-state index < -0.39 is 0 Å². The Bertz CT molecular complexity index is 547. The number of nitrogens with one attached hydrogen (secondary N) is 2. The second kappa shape index (κ2) is 10.2. The number of piperidine rings is 1. The maximum Gasteiger partial charge on any atom is 0.255 e. The molecule has 0 bridgehead atoms. The van der Waals surface area contributed by atoms with Crippen LogP contribution in [0.3, 0.4) is 0 Å². The molecule has 8 heteroatoms. The number of morpholine rings is 1. The molecule has 0 atom stereocenters. The van der Waals surface area contributed by atoms with E-state index in [0.29, 0.717) is 25.3 Å². The normalized spacial score (nSPS) is 19.3. The van der Waals surface area contributed by atoms with Gasteiger partial charge >= 0.3 is 0 Å². The third kappa shape index (κ3) is 5.71. The number of hydrogen-bond donors (Lipinski definition) is 2. The molecule has 1 amide bonds. The number of anilines is 1. The fourth-order valence-corrected chi connectivity index (χ4v) is 3.20. The highest BCUT2D eigenvalue weighted by atomic mass is 35.5. The van der Waals surface area contributed by atoms with E-state index in [1.807, 2.05) is 12.1 Å². The Balaban J connectivity index is 0.00000156. The lowest BCUT2D eigenvalue weighted by Crippen LogP contribution is -2.43. The molecule has 142 valence electrons. The zero-order valence-corrected chi connectivity index (χ0v) is 16.3. The molecule has 3 heterocycles. The van der Waals surface area contributed by atoms with Crippen molar-refractivity contribution in [1.82, 2.24) is 15.6 Å². The smallest absolute Gasteiger partial charge is 0.255 e. The van der Waals surface area contributed by atoms with Crippen molar-refractivity contribution < 1.29 is 9.53 Å². The summed E-state index contributed by atoms with van der Waals surface area (Å²) in [7, 11) is 0. The van der Waals surface area contributed by atoms with Crippen LogP contribution in [0.4, 0.5) is 5.82 Å². The van der Waals surface area contributed by atoms with Crippen LogP contribution in [0.15, 0.2) is 18.3 Å². The number of rotatable bonds is 4. The molecule has 0 aromatic carbocycles. The van der Waals surface area contributed by atoms with Crippen molar-refractivity contribution in [3.63, 3.8) is 0 Å². The highest BCUT2D eigenvalue weighted by Gasteiger charge is 2.28. The maximum absolute atomic E-state index is 12.7. The van der Waals surface area contributed by atoms with Crippen molar-refractivity contribution in [2.24, 2.45) is 5.41 Å². The number of carbonyl (C=O) groups excluding carboxylic acids is 1. The van der Waals surface area contributed by atoms with Crippen molar-refractivity contribution in [2.45, 2.75) is 19.8 Å². The molecule has 2 aliphatic heterocycles. The van der Waals surface area contributed by atoms with Gasteiger partial charge in [-0.25, -0.2) is 4.98 Å². The second-order valence-electron chi connectivity index (χ2n) is 6.72. The summed E-state index contributed by atoms with van der Waals surface area (Å²) in [6, 6.07) is 3.68.